The van der Waals surface area contributed by atoms with Crippen molar-refractivity contribution in [2.24, 2.45) is 0 Å². The Morgan fingerprint density at radius 3 is 2.68 bits per heavy atom. The number of methoxy groups -OCH3 is 1. The molecular formula is C24H22N2O4S. The highest BCUT2D eigenvalue weighted by Gasteiger charge is 2.46. The summed E-state index contributed by atoms with van der Waals surface area (Å²) >= 11 is 1.43. The summed E-state index contributed by atoms with van der Waals surface area (Å²) in [6.45, 7) is 3.99. The lowest BCUT2D eigenvalue weighted by Crippen LogP contribution is -2.28. The molecule has 158 valence electrons. The average molecular weight is 435 g/mol. The van der Waals surface area contributed by atoms with Crippen LogP contribution < -0.4 is 4.74 Å². The van der Waals surface area contributed by atoms with Crippen molar-refractivity contribution in [3.8, 4) is 5.75 Å². The van der Waals surface area contributed by atoms with Gasteiger partial charge in [0.1, 0.15) is 11.5 Å². The topological polar surface area (TPSA) is 79.7 Å². The van der Waals surface area contributed by atoms with Crippen molar-refractivity contribution in [1.29, 1.82) is 0 Å². The van der Waals surface area contributed by atoms with Crippen LogP contribution in [0.5, 0.6) is 5.75 Å². The first-order valence-corrected chi connectivity index (χ1v) is 10.7. The van der Waals surface area contributed by atoms with Crippen LogP contribution >= 0.6 is 11.3 Å². The Morgan fingerprint density at radius 2 is 2.03 bits per heavy atom. The van der Waals surface area contributed by atoms with Crippen molar-refractivity contribution in [2.45, 2.75) is 26.4 Å². The Kier molecular flexibility index (Phi) is 5.61. The summed E-state index contributed by atoms with van der Waals surface area (Å²) in [7, 11) is 1.52. The number of rotatable bonds is 5. The highest BCUT2D eigenvalue weighted by Crippen LogP contribution is 2.43. The fourth-order valence-electron chi connectivity index (χ4n) is 4.02. The van der Waals surface area contributed by atoms with Gasteiger partial charge in [0.25, 0.3) is 11.7 Å². The molecule has 1 aliphatic rings. The number of pyridine rings is 1. The number of aliphatic hydroxyl groups is 1. The molecular weight excluding hydrogens is 412 g/mol. The molecule has 0 saturated carbocycles. The van der Waals surface area contributed by atoms with Crippen LogP contribution in [0, 0.1) is 13.8 Å². The number of aliphatic hydroxyl groups excluding tert-OH is 1. The third-order valence-electron chi connectivity index (χ3n) is 5.31. The number of benzene rings is 1. The van der Waals surface area contributed by atoms with E-state index in [1.165, 1.54) is 23.3 Å². The van der Waals surface area contributed by atoms with Gasteiger partial charge < -0.3 is 14.7 Å². The van der Waals surface area contributed by atoms with Gasteiger partial charge in [-0.1, -0.05) is 18.2 Å². The normalized spacial score (nSPS) is 17.9. The molecule has 0 aliphatic carbocycles. The summed E-state index contributed by atoms with van der Waals surface area (Å²) in [4.78, 5) is 32.6. The molecule has 1 unspecified atom stereocenters. The van der Waals surface area contributed by atoms with Gasteiger partial charge >= 0.3 is 0 Å². The number of hydrogen-bond donors (Lipinski definition) is 1. The van der Waals surface area contributed by atoms with Crippen molar-refractivity contribution in [2.75, 3.05) is 7.11 Å². The Labute approximate surface area is 184 Å². The van der Waals surface area contributed by atoms with E-state index in [1.807, 2.05) is 43.5 Å². The second-order valence-electron chi connectivity index (χ2n) is 7.47. The van der Waals surface area contributed by atoms with E-state index in [0.29, 0.717) is 11.3 Å². The molecule has 1 fully saturated rings. The number of carbonyl (C=O) groups is 2. The number of thiophene rings is 1. The van der Waals surface area contributed by atoms with Crippen LogP contribution in [0.4, 0.5) is 0 Å². The third-order valence-corrected chi connectivity index (χ3v) is 6.23. The molecule has 3 heterocycles. The van der Waals surface area contributed by atoms with E-state index >= 15 is 0 Å². The molecule has 7 heteroatoms. The van der Waals surface area contributed by atoms with Crippen molar-refractivity contribution in [3.63, 3.8) is 0 Å². The number of amides is 1. The molecule has 1 aliphatic heterocycles. The fourth-order valence-corrected chi connectivity index (χ4v) is 4.87. The van der Waals surface area contributed by atoms with E-state index in [4.69, 9.17) is 4.74 Å². The second kappa shape index (κ2) is 8.35. The summed E-state index contributed by atoms with van der Waals surface area (Å²) in [5, 5.41) is 13.2. The Bertz CT molecular complexity index is 1170. The minimum atomic E-state index is -0.707. The van der Waals surface area contributed by atoms with E-state index < -0.39 is 17.7 Å². The van der Waals surface area contributed by atoms with Crippen LogP contribution in [0.25, 0.3) is 5.76 Å². The quantitative estimate of drug-likeness (QED) is 0.366. The zero-order valence-corrected chi connectivity index (χ0v) is 18.3. The summed E-state index contributed by atoms with van der Waals surface area (Å²) in [5.41, 5.74) is 3.02. The first kappa shape index (κ1) is 20.8. The van der Waals surface area contributed by atoms with Gasteiger partial charge in [-0.2, -0.15) is 0 Å². The van der Waals surface area contributed by atoms with E-state index in [0.717, 1.165) is 21.6 Å². The molecule has 2 aromatic heterocycles. The van der Waals surface area contributed by atoms with Crippen molar-refractivity contribution in [3.05, 3.63) is 86.9 Å². The molecule has 1 N–H and O–H groups in total. The number of carbonyl (C=O) groups excluding carboxylic acids is 2. The van der Waals surface area contributed by atoms with Crippen LogP contribution in [0.3, 0.4) is 0 Å². The first-order valence-electron chi connectivity index (χ1n) is 9.78. The Hall–Kier alpha value is -3.45. The number of aryl methyl sites for hydroxylation is 2. The molecule has 0 bridgehead atoms. The molecule has 1 amide bonds. The monoisotopic (exact) mass is 434 g/mol. The number of ether oxygens (including phenoxy) is 1. The molecule has 0 radical (unpaired) electrons. The third kappa shape index (κ3) is 3.72. The Morgan fingerprint density at radius 1 is 1.23 bits per heavy atom. The smallest absolute Gasteiger partial charge is 0.295 e. The van der Waals surface area contributed by atoms with Crippen LogP contribution in [0.2, 0.25) is 0 Å². The van der Waals surface area contributed by atoms with E-state index in [9.17, 15) is 14.7 Å². The predicted octanol–water partition coefficient (Wildman–Crippen LogP) is 4.39. The lowest BCUT2D eigenvalue weighted by molar-refractivity contribution is -0.140. The Balaban J connectivity index is 1.90. The van der Waals surface area contributed by atoms with Gasteiger partial charge in [0.05, 0.1) is 24.3 Å². The number of Topliss-reactive ketones (excluding diaryl/α,β-unsaturated/α-hetero) is 1. The standard InChI is InChI=1S/C24H22N2O4S/c1-14-10-15(2)23(30-3)17(11-14)21(27)19-20(18-7-5-9-31-18)26(24(29)22(19)28)13-16-6-4-8-25-12-16/h4-12,20,27H,13H2,1-3H3/b21-19-. The van der Waals surface area contributed by atoms with E-state index in [1.54, 1.807) is 24.5 Å². The van der Waals surface area contributed by atoms with E-state index in [-0.39, 0.29) is 17.9 Å². The van der Waals surface area contributed by atoms with Crippen molar-refractivity contribution >= 4 is 28.8 Å². The van der Waals surface area contributed by atoms with Gasteiger partial charge in [0.2, 0.25) is 0 Å². The lowest BCUT2D eigenvalue weighted by Gasteiger charge is -2.24. The molecule has 1 atom stereocenters. The van der Waals surface area contributed by atoms with Crippen molar-refractivity contribution < 1.29 is 19.4 Å². The van der Waals surface area contributed by atoms with Gasteiger partial charge in [-0.15, -0.1) is 11.3 Å². The van der Waals surface area contributed by atoms with Crippen LogP contribution in [-0.4, -0.2) is 33.8 Å². The highest BCUT2D eigenvalue weighted by atomic mass is 32.1. The summed E-state index contributed by atoms with van der Waals surface area (Å²) in [6.07, 6.45) is 3.32. The number of hydrogen-bond acceptors (Lipinski definition) is 6. The molecule has 4 rings (SSSR count). The first-order chi connectivity index (χ1) is 14.9. The largest absolute Gasteiger partial charge is 0.507 e. The fraction of sp³-hybridized carbons (Fsp3) is 0.208. The van der Waals surface area contributed by atoms with Crippen molar-refractivity contribution in [1.82, 2.24) is 9.88 Å². The summed E-state index contributed by atoms with van der Waals surface area (Å²) in [5.74, 6) is -1.10. The maximum Gasteiger partial charge on any atom is 0.295 e. The van der Waals surface area contributed by atoms with E-state index in [2.05, 4.69) is 4.98 Å². The highest BCUT2D eigenvalue weighted by molar-refractivity contribution is 7.10. The van der Waals surface area contributed by atoms with Crippen LogP contribution in [0.1, 0.15) is 33.2 Å². The van der Waals surface area contributed by atoms with Gasteiger partial charge in [-0.25, -0.2) is 0 Å². The predicted molar refractivity (Wildman–Crippen MR) is 119 cm³/mol. The molecule has 0 spiro atoms. The van der Waals surface area contributed by atoms with Crippen LogP contribution in [0.15, 0.2) is 59.7 Å². The van der Waals surface area contributed by atoms with Gasteiger partial charge in [0.15, 0.2) is 0 Å². The number of ketones is 1. The number of likely N-dealkylation sites (tertiary alicyclic amines) is 1. The molecule has 3 aromatic rings. The second-order valence-corrected chi connectivity index (χ2v) is 8.45. The maximum absolute atomic E-state index is 13.1. The molecule has 1 aromatic carbocycles. The van der Waals surface area contributed by atoms with Crippen LogP contribution in [-0.2, 0) is 16.1 Å². The number of nitrogens with zero attached hydrogens (tertiary/aromatic N) is 2. The summed E-state index contributed by atoms with van der Waals surface area (Å²) in [6, 6.07) is 10.4. The molecule has 1 saturated heterocycles. The van der Waals surface area contributed by atoms with Gasteiger partial charge in [0, 0.05) is 23.8 Å². The number of aromatic nitrogens is 1. The van der Waals surface area contributed by atoms with Gasteiger partial charge in [-0.3, -0.25) is 14.6 Å². The van der Waals surface area contributed by atoms with Gasteiger partial charge in [-0.05, 0) is 54.1 Å². The molecule has 31 heavy (non-hydrogen) atoms. The zero-order chi connectivity index (χ0) is 22.1. The minimum absolute atomic E-state index is 0.0691. The zero-order valence-electron chi connectivity index (χ0n) is 17.5. The lowest BCUT2D eigenvalue weighted by atomic mass is 9.96. The maximum atomic E-state index is 13.1. The minimum Gasteiger partial charge on any atom is -0.507 e. The summed E-state index contributed by atoms with van der Waals surface area (Å²) < 4.78 is 5.51. The average Bonchev–Trinajstić information content (AvgIpc) is 3.36. The SMILES string of the molecule is COc1c(C)cc(C)cc1/C(O)=C1/C(=O)C(=O)N(Cc2cccnc2)C1c1cccs1. The molecule has 6 nitrogen and oxygen atoms in total.